The van der Waals surface area contributed by atoms with Crippen LogP contribution < -0.4 is 14.8 Å². The van der Waals surface area contributed by atoms with Crippen LogP contribution in [-0.2, 0) is 11.2 Å². The average molecular weight is 380 g/mol. The zero-order valence-electron chi connectivity index (χ0n) is 15.0. The first-order valence-corrected chi connectivity index (χ1v) is 9.29. The molecule has 0 spiro atoms. The summed E-state index contributed by atoms with van der Waals surface area (Å²) in [5.41, 5.74) is 2.76. The Morgan fingerprint density at radius 2 is 2.00 bits per heavy atom. The molecule has 0 aliphatic heterocycles. The first kappa shape index (κ1) is 18.7. The lowest BCUT2D eigenvalue weighted by Gasteiger charge is -2.09. The number of nitrogens with zero attached hydrogens (tertiary/aromatic N) is 1. The molecule has 0 saturated heterocycles. The molecule has 0 bridgehead atoms. The molecule has 0 unspecified atom stereocenters. The van der Waals surface area contributed by atoms with E-state index in [9.17, 15) is 4.79 Å². The first-order chi connectivity index (χ1) is 13.2. The maximum Gasteiger partial charge on any atom is 0.264 e. The normalized spacial score (nSPS) is 10.3. The molecular weight excluding hydrogens is 360 g/mol. The zero-order valence-corrected chi connectivity index (χ0v) is 15.8. The molecule has 0 radical (unpaired) electrons. The van der Waals surface area contributed by atoms with Gasteiger partial charge in [-0.15, -0.1) is 17.9 Å². The van der Waals surface area contributed by atoms with Crippen molar-refractivity contribution in [3.05, 3.63) is 72.1 Å². The van der Waals surface area contributed by atoms with Crippen molar-refractivity contribution in [1.82, 2.24) is 4.98 Å². The number of thiazole rings is 1. The number of allylic oxidation sites excluding steroid dienone is 1. The van der Waals surface area contributed by atoms with Gasteiger partial charge in [-0.1, -0.05) is 24.3 Å². The van der Waals surface area contributed by atoms with Crippen LogP contribution in [0.5, 0.6) is 11.5 Å². The number of rotatable bonds is 8. The van der Waals surface area contributed by atoms with Gasteiger partial charge in [0.25, 0.3) is 5.91 Å². The van der Waals surface area contributed by atoms with Crippen molar-refractivity contribution in [1.29, 1.82) is 0 Å². The fourth-order valence-corrected chi connectivity index (χ4v) is 3.23. The molecule has 1 heterocycles. The van der Waals surface area contributed by atoms with Crippen LogP contribution in [0.25, 0.3) is 11.3 Å². The van der Waals surface area contributed by atoms with Gasteiger partial charge in [0.05, 0.1) is 12.8 Å². The fraction of sp³-hybridized carbons (Fsp3) is 0.143. The number of amides is 1. The fourth-order valence-electron chi connectivity index (χ4n) is 2.49. The largest absolute Gasteiger partial charge is 0.497 e. The number of hydrogen-bond acceptors (Lipinski definition) is 5. The predicted octanol–water partition coefficient (Wildman–Crippen LogP) is 4.56. The topological polar surface area (TPSA) is 60.5 Å². The van der Waals surface area contributed by atoms with Crippen molar-refractivity contribution < 1.29 is 14.3 Å². The number of hydrogen-bond donors (Lipinski definition) is 1. The summed E-state index contributed by atoms with van der Waals surface area (Å²) >= 11 is 1.37. The molecule has 0 atom stereocenters. The summed E-state index contributed by atoms with van der Waals surface area (Å²) in [6.45, 7) is 3.66. The van der Waals surface area contributed by atoms with Crippen LogP contribution in [0.4, 0.5) is 5.13 Å². The summed E-state index contributed by atoms with van der Waals surface area (Å²) in [6.07, 6.45) is 2.49. The van der Waals surface area contributed by atoms with Crippen molar-refractivity contribution in [3.8, 4) is 22.8 Å². The maximum atomic E-state index is 12.2. The number of carbonyl (C=O) groups is 1. The van der Waals surface area contributed by atoms with E-state index in [0.717, 1.165) is 22.6 Å². The van der Waals surface area contributed by atoms with Gasteiger partial charge < -0.3 is 9.47 Å². The van der Waals surface area contributed by atoms with E-state index < -0.39 is 0 Å². The average Bonchev–Trinajstić information content (AvgIpc) is 3.16. The molecular formula is C21H20N2O3S. The van der Waals surface area contributed by atoms with Gasteiger partial charge in [-0.05, 0) is 42.3 Å². The minimum atomic E-state index is -0.251. The van der Waals surface area contributed by atoms with E-state index in [1.54, 1.807) is 13.2 Å². The van der Waals surface area contributed by atoms with Crippen LogP contribution in [0.15, 0.2) is 66.6 Å². The molecule has 5 nitrogen and oxygen atoms in total. The molecule has 0 saturated carbocycles. The molecule has 3 aromatic rings. The standard InChI is InChI=1S/C21H20N2O3S/c1-3-6-16-7-4-5-8-19(16)26-13-20(24)23-21-22-18(14-27-21)15-9-11-17(25-2)12-10-15/h3-5,7-12,14H,1,6,13H2,2H3,(H,22,23,24). The Hall–Kier alpha value is -3.12. The van der Waals surface area contributed by atoms with Crippen molar-refractivity contribution >= 4 is 22.4 Å². The second kappa shape index (κ2) is 9.00. The molecule has 1 amide bonds. The molecule has 0 aliphatic rings. The van der Waals surface area contributed by atoms with E-state index >= 15 is 0 Å². The van der Waals surface area contributed by atoms with Gasteiger partial charge in [0.1, 0.15) is 11.5 Å². The molecule has 27 heavy (non-hydrogen) atoms. The van der Waals surface area contributed by atoms with Crippen LogP contribution in [0.3, 0.4) is 0 Å². The predicted molar refractivity (Wildman–Crippen MR) is 109 cm³/mol. The van der Waals surface area contributed by atoms with Crippen LogP contribution >= 0.6 is 11.3 Å². The second-order valence-corrected chi connectivity index (χ2v) is 6.56. The van der Waals surface area contributed by atoms with Gasteiger partial charge in [-0.2, -0.15) is 0 Å². The summed E-state index contributed by atoms with van der Waals surface area (Å²) in [6, 6.07) is 15.2. The number of benzene rings is 2. The zero-order chi connectivity index (χ0) is 19.1. The van der Waals surface area contributed by atoms with Gasteiger partial charge >= 0.3 is 0 Å². The van der Waals surface area contributed by atoms with Crippen molar-refractivity contribution in [2.24, 2.45) is 0 Å². The lowest BCUT2D eigenvalue weighted by molar-refractivity contribution is -0.118. The van der Waals surface area contributed by atoms with Gasteiger partial charge in [-0.3, -0.25) is 10.1 Å². The number of carbonyl (C=O) groups excluding carboxylic acids is 1. The number of nitrogens with one attached hydrogen (secondary N) is 1. The molecule has 6 heteroatoms. The summed E-state index contributed by atoms with van der Waals surface area (Å²) < 4.78 is 10.8. The van der Waals surface area contributed by atoms with E-state index in [2.05, 4.69) is 16.9 Å². The Kier molecular flexibility index (Phi) is 6.22. The summed E-state index contributed by atoms with van der Waals surface area (Å²) in [7, 11) is 1.63. The number of anilines is 1. The third-order valence-electron chi connectivity index (χ3n) is 3.83. The molecule has 1 aromatic heterocycles. The quantitative estimate of drug-likeness (QED) is 0.582. The van der Waals surface area contributed by atoms with Gasteiger partial charge in [0.2, 0.25) is 0 Å². The van der Waals surface area contributed by atoms with E-state index in [4.69, 9.17) is 9.47 Å². The van der Waals surface area contributed by atoms with Crippen LogP contribution in [0.1, 0.15) is 5.56 Å². The summed E-state index contributed by atoms with van der Waals surface area (Å²) in [5, 5.41) is 5.21. The molecule has 2 aromatic carbocycles. The van der Waals surface area contributed by atoms with E-state index in [-0.39, 0.29) is 12.5 Å². The van der Waals surface area contributed by atoms with Crippen molar-refractivity contribution in [2.45, 2.75) is 6.42 Å². The van der Waals surface area contributed by atoms with Crippen LogP contribution in [0.2, 0.25) is 0 Å². The minimum Gasteiger partial charge on any atom is -0.497 e. The molecule has 0 aliphatic carbocycles. The Morgan fingerprint density at radius 3 is 2.74 bits per heavy atom. The number of para-hydroxylation sites is 1. The second-order valence-electron chi connectivity index (χ2n) is 5.70. The highest BCUT2D eigenvalue weighted by Crippen LogP contribution is 2.26. The Bertz CT molecular complexity index is 919. The molecule has 138 valence electrons. The highest BCUT2D eigenvalue weighted by molar-refractivity contribution is 7.14. The Balaban J connectivity index is 1.58. The lowest BCUT2D eigenvalue weighted by Crippen LogP contribution is -2.20. The highest BCUT2D eigenvalue weighted by Gasteiger charge is 2.10. The summed E-state index contributed by atoms with van der Waals surface area (Å²) in [5.74, 6) is 1.22. The highest BCUT2D eigenvalue weighted by atomic mass is 32.1. The third-order valence-corrected chi connectivity index (χ3v) is 4.59. The maximum absolute atomic E-state index is 12.2. The monoisotopic (exact) mass is 380 g/mol. The van der Waals surface area contributed by atoms with Crippen molar-refractivity contribution in [3.63, 3.8) is 0 Å². The number of ether oxygens (including phenoxy) is 2. The number of methoxy groups -OCH3 is 1. The van der Waals surface area contributed by atoms with Gasteiger partial charge in [-0.25, -0.2) is 4.98 Å². The minimum absolute atomic E-state index is 0.0778. The first-order valence-electron chi connectivity index (χ1n) is 8.41. The van der Waals surface area contributed by atoms with Crippen molar-refractivity contribution in [2.75, 3.05) is 19.0 Å². The Morgan fingerprint density at radius 1 is 1.22 bits per heavy atom. The third kappa shape index (κ3) is 4.95. The number of aromatic nitrogens is 1. The smallest absolute Gasteiger partial charge is 0.264 e. The van der Waals surface area contributed by atoms with Crippen LogP contribution in [0, 0.1) is 0 Å². The summed E-state index contributed by atoms with van der Waals surface area (Å²) in [4.78, 5) is 16.6. The molecule has 1 N–H and O–H groups in total. The van der Waals surface area contributed by atoms with E-state index in [0.29, 0.717) is 17.3 Å². The Labute approximate surface area is 162 Å². The van der Waals surface area contributed by atoms with Gasteiger partial charge in [0, 0.05) is 10.9 Å². The van der Waals surface area contributed by atoms with Crippen LogP contribution in [-0.4, -0.2) is 24.6 Å². The van der Waals surface area contributed by atoms with E-state index in [1.165, 1.54) is 11.3 Å². The lowest BCUT2D eigenvalue weighted by atomic mass is 10.1. The van der Waals surface area contributed by atoms with Gasteiger partial charge in [0.15, 0.2) is 11.7 Å². The SMILES string of the molecule is C=CCc1ccccc1OCC(=O)Nc1nc(-c2ccc(OC)cc2)cs1. The molecule has 0 fully saturated rings. The molecule has 3 rings (SSSR count). The van der Waals surface area contributed by atoms with E-state index in [1.807, 2.05) is 53.9 Å².